The van der Waals surface area contributed by atoms with E-state index < -0.39 is 37.3 Å². The average molecular weight is 440 g/mol. The van der Waals surface area contributed by atoms with Crippen molar-refractivity contribution in [1.82, 2.24) is 5.17 Å². The maximum atomic E-state index is 10.8. The average Bonchev–Trinajstić information content (AvgIpc) is 2.65. The third-order valence-electron chi connectivity index (χ3n) is 3.27. The number of hydrazone groups is 1. The van der Waals surface area contributed by atoms with Crippen molar-refractivity contribution in [2.75, 3.05) is 0 Å². The maximum Gasteiger partial charge on any atom is 0.354 e. The number of hydrogen-bond acceptors (Lipinski definition) is 9. The van der Waals surface area contributed by atoms with Crippen molar-refractivity contribution in [3.05, 3.63) is 73.8 Å². The van der Waals surface area contributed by atoms with Gasteiger partial charge in [-0.05, 0) is 25.1 Å². The molecule has 2 aromatic carbocycles. The molecule has 0 bridgehead atoms. The van der Waals surface area contributed by atoms with Gasteiger partial charge in [-0.1, -0.05) is 23.8 Å². The molecule has 0 spiro atoms. The third-order valence-corrected chi connectivity index (χ3v) is 4.13. The summed E-state index contributed by atoms with van der Waals surface area (Å²) in [5.74, 6) is -0.815. The predicted molar refractivity (Wildman–Crippen MR) is 104 cm³/mol. The minimum Gasteiger partial charge on any atom is -0.367 e. The van der Waals surface area contributed by atoms with E-state index in [0.29, 0.717) is 0 Å². The van der Waals surface area contributed by atoms with Gasteiger partial charge in [-0.25, -0.2) is 0 Å². The molecule has 5 N–H and O–H groups in total. The Hall–Kier alpha value is -3.95. The van der Waals surface area contributed by atoms with Crippen LogP contribution < -0.4 is 5.73 Å². The number of nitro groups is 2. The highest BCUT2D eigenvalue weighted by atomic mass is 32.2. The van der Waals surface area contributed by atoms with Crippen molar-refractivity contribution in [3.63, 3.8) is 0 Å². The largest absolute Gasteiger partial charge is 0.367 e. The summed E-state index contributed by atoms with van der Waals surface area (Å²) >= 11 is 0. The van der Waals surface area contributed by atoms with Crippen LogP contribution >= 0.6 is 0 Å². The Morgan fingerprint density at radius 2 is 1.73 bits per heavy atom. The van der Waals surface area contributed by atoms with Crippen LogP contribution in [0.2, 0.25) is 0 Å². The number of hydrogen-bond donors (Lipinski definition) is 4. The number of nitrogens with zero attached hydrogens (tertiary/aromatic N) is 4. The fourth-order valence-corrected chi connectivity index (χ4v) is 2.37. The van der Waals surface area contributed by atoms with E-state index in [2.05, 4.69) is 5.10 Å². The molecule has 0 radical (unpaired) electrons. The molecule has 0 aliphatic carbocycles. The first-order valence-electron chi connectivity index (χ1n) is 7.67. The van der Waals surface area contributed by atoms with Crippen LogP contribution in [-0.2, 0) is 10.1 Å². The van der Waals surface area contributed by atoms with Crippen molar-refractivity contribution in [3.8, 4) is 0 Å². The first-order chi connectivity index (χ1) is 13.8. The van der Waals surface area contributed by atoms with E-state index >= 15 is 0 Å². The van der Waals surface area contributed by atoms with Gasteiger partial charge in [0, 0.05) is 6.07 Å². The zero-order chi connectivity index (χ0) is 23.1. The maximum absolute atomic E-state index is 10.8. The van der Waals surface area contributed by atoms with Crippen LogP contribution in [0.5, 0.6) is 0 Å². The summed E-state index contributed by atoms with van der Waals surface area (Å²) in [6, 6.07) is 9.38. The van der Waals surface area contributed by atoms with E-state index in [1.165, 1.54) is 24.3 Å². The number of nitrogens with one attached hydrogen (secondary N) is 1. The molecule has 0 aliphatic heterocycles. The van der Waals surface area contributed by atoms with E-state index in [9.17, 15) is 28.6 Å². The number of aryl methyl sites for hydroxylation is 1. The summed E-state index contributed by atoms with van der Waals surface area (Å²) in [4.78, 5) is 19.6. The Balaban J connectivity index is 0.000000346. The Morgan fingerprint density at radius 1 is 1.17 bits per heavy atom. The summed E-state index contributed by atoms with van der Waals surface area (Å²) in [7, 11) is -4.02. The Kier molecular flexibility index (Phi) is 8.04. The summed E-state index contributed by atoms with van der Waals surface area (Å²) in [5.41, 5.74) is 4.15. The quantitative estimate of drug-likeness (QED) is 0.173. The second kappa shape index (κ2) is 10.0. The van der Waals surface area contributed by atoms with Gasteiger partial charge in [0.2, 0.25) is 5.96 Å². The molecule has 0 fully saturated rings. The molecule has 0 unspecified atom stereocenters. The molecule has 30 heavy (non-hydrogen) atoms. The van der Waals surface area contributed by atoms with Crippen LogP contribution in [0.1, 0.15) is 11.1 Å². The third kappa shape index (κ3) is 6.89. The lowest BCUT2D eigenvalue weighted by Crippen LogP contribution is -2.28. The van der Waals surface area contributed by atoms with Gasteiger partial charge in [0.05, 0.1) is 26.5 Å². The van der Waals surface area contributed by atoms with Crippen molar-refractivity contribution in [1.29, 1.82) is 5.41 Å². The summed E-state index contributed by atoms with van der Waals surface area (Å²) in [5, 5.41) is 40.5. The smallest absolute Gasteiger partial charge is 0.354 e. The fraction of sp³-hybridized carbons (Fsp3) is 0.0667. The van der Waals surface area contributed by atoms with Crippen molar-refractivity contribution in [2.45, 2.75) is 11.8 Å². The second-order valence-corrected chi connectivity index (χ2v) is 6.86. The fourth-order valence-electron chi connectivity index (χ4n) is 1.89. The first-order valence-corrected chi connectivity index (χ1v) is 9.11. The predicted octanol–water partition coefficient (Wildman–Crippen LogP) is 1.66. The van der Waals surface area contributed by atoms with Gasteiger partial charge in [0.15, 0.2) is 0 Å². The molecule has 0 saturated carbocycles. The van der Waals surface area contributed by atoms with E-state index in [0.717, 1.165) is 17.8 Å². The summed E-state index contributed by atoms with van der Waals surface area (Å²) < 4.78 is 29.6. The molecule has 0 heterocycles. The van der Waals surface area contributed by atoms with Gasteiger partial charge < -0.3 is 5.73 Å². The van der Waals surface area contributed by atoms with Crippen LogP contribution in [0, 0.1) is 32.6 Å². The zero-order valence-corrected chi connectivity index (χ0v) is 16.1. The number of benzene rings is 2. The van der Waals surface area contributed by atoms with Gasteiger partial charge in [-0.15, -0.1) is 5.17 Å². The number of nitro benzene ring substituents is 2. The first kappa shape index (κ1) is 24.1. The molecule has 2 aromatic rings. The monoisotopic (exact) mass is 440 g/mol. The highest BCUT2D eigenvalue weighted by Gasteiger charge is 2.27. The van der Waals surface area contributed by atoms with E-state index in [1.807, 2.05) is 6.92 Å². The van der Waals surface area contributed by atoms with E-state index in [1.54, 1.807) is 12.1 Å². The van der Waals surface area contributed by atoms with Crippen LogP contribution in [-0.4, -0.2) is 45.4 Å². The molecule has 0 saturated heterocycles. The molecule has 14 nitrogen and oxygen atoms in total. The SMILES string of the molecule is Cc1ccc(S(=O)(=O)O)cc1.N=C(N)N(O)/N=C/c1cccc([N+](=O)[O-])c1[N+](=O)[O-]. The number of guanidine groups is 1. The molecular weight excluding hydrogens is 424 g/mol. The van der Waals surface area contributed by atoms with Gasteiger partial charge >= 0.3 is 11.4 Å². The number of rotatable bonds is 5. The minimum absolute atomic E-state index is 0.0391. The standard InChI is InChI=1S/C8H8N6O5.C7H8O3S/c9-8(10)12(15)11-4-5-2-1-3-6(13(16)17)7(5)14(18)19;1-6-2-4-7(5-3-6)11(8,9)10/h1-4,15H,(H3,9,10);2-5H,1H3,(H,8,9,10)/b11-4+;. The Bertz CT molecular complexity index is 1080. The summed E-state index contributed by atoms with van der Waals surface area (Å²) in [6.07, 6.45) is 0.784. The van der Waals surface area contributed by atoms with Crippen LogP contribution in [0.3, 0.4) is 0 Å². The molecule has 0 amide bonds. The second-order valence-electron chi connectivity index (χ2n) is 5.44. The Morgan fingerprint density at radius 3 is 2.17 bits per heavy atom. The molecule has 0 aliphatic rings. The van der Waals surface area contributed by atoms with Crippen LogP contribution in [0.4, 0.5) is 11.4 Å². The lowest BCUT2D eigenvalue weighted by Gasteiger charge is -2.05. The lowest BCUT2D eigenvalue weighted by atomic mass is 10.1. The van der Waals surface area contributed by atoms with Crippen LogP contribution in [0.25, 0.3) is 0 Å². The molecule has 160 valence electrons. The lowest BCUT2D eigenvalue weighted by molar-refractivity contribution is -0.422. The van der Waals surface area contributed by atoms with Gasteiger partial charge in [-0.2, -0.15) is 13.5 Å². The highest BCUT2D eigenvalue weighted by Crippen LogP contribution is 2.29. The Labute approximate surface area is 169 Å². The molecule has 15 heteroatoms. The van der Waals surface area contributed by atoms with Crippen LogP contribution in [0.15, 0.2) is 52.5 Å². The van der Waals surface area contributed by atoms with Crippen molar-refractivity contribution in [2.24, 2.45) is 10.8 Å². The zero-order valence-electron chi connectivity index (χ0n) is 15.2. The molecule has 2 rings (SSSR count). The normalized spacial score (nSPS) is 10.8. The van der Waals surface area contributed by atoms with E-state index in [4.69, 9.17) is 20.9 Å². The van der Waals surface area contributed by atoms with Crippen molar-refractivity contribution < 1.29 is 28.0 Å². The summed E-state index contributed by atoms with van der Waals surface area (Å²) in [6.45, 7) is 1.84. The number of para-hydroxylation sites is 1. The minimum atomic E-state index is -4.02. The number of hydroxylamine groups is 1. The van der Waals surface area contributed by atoms with Gasteiger partial charge in [-0.3, -0.25) is 35.4 Å². The topological polar surface area (TPSA) is 226 Å². The molecule has 0 atom stereocenters. The number of nitrogens with two attached hydrogens (primary N) is 1. The molecular formula is C15H16N6O8S. The van der Waals surface area contributed by atoms with E-state index in [-0.39, 0.29) is 15.6 Å². The highest BCUT2D eigenvalue weighted by molar-refractivity contribution is 7.85. The van der Waals surface area contributed by atoms with Crippen molar-refractivity contribution >= 4 is 33.7 Å². The van der Waals surface area contributed by atoms with Gasteiger partial charge in [0.1, 0.15) is 0 Å². The molecule has 0 aromatic heterocycles. The van der Waals surface area contributed by atoms with Gasteiger partial charge in [0.25, 0.3) is 10.1 Å².